The number of carbonyl (C=O) groups excluding carboxylic acids is 1. The second-order valence-corrected chi connectivity index (χ2v) is 7.68. The Morgan fingerprint density at radius 3 is 1.69 bits per heavy atom. The lowest BCUT2D eigenvalue weighted by Gasteiger charge is -2.34. The molecule has 3 aliphatic rings. The summed E-state index contributed by atoms with van der Waals surface area (Å²) in [5, 5.41) is 19.1. The third-order valence-corrected chi connectivity index (χ3v) is 5.96. The molecule has 2 aromatic carbocycles. The monoisotopic (exact) mass is 422 g/mol. The van der Waals surface area contributed by atoms with Gasteiger partial charge in [0.1, 0.15) is 17.7 Å². The van der Waals surface area contributed by atoms with Crippen molar-refractivity contribution in [3.8, 4) is 23.6 Å². The Morgan fingerprint density at radius 1 is 0.844 bits per heavy atom. The van der Waals surface area contributed by atoms with E-state index in [1.807, 2.05) is 84.6 Å². The van der Waals surface area contributed by atoms with E-state index in [4.69, 9.17) is 9.47 Å². The van der Waals surface area contributed by atoms with Crippen molar-refractivity contribution in [2.45, 2.75) is 0 Å². The summed E-state index contributed by atoms with van der Waals surface area (Å²) in [5.74, 6) is 0.812. The summed E-state index contributed by atoms with van der Waals surface area (Å²) in [6, 6.07) is 19.0. The number of ketones is 1. The van der Waals surface area contributed by atoms with Crippen LogP contribution in [0.3, 0.4) is 0 Å². The summed E-state index contributed by atoms with van der Waals surface area (Å²) in [4.78, 5) is 16.8. The fourth-order valence-electron chi connectivity index (χ4n) is 4.22. The fourth-order valence-corrected chi connectivity index (χ4v) is 4.22. The van der Waals surface area contributed by atoms with Crippen LogP contribution in [0.5, 0.6) is 11.5 Å². The highest BCUT2D eigenvalue weighted by Crippen LogP contribution is 2.46. The molecule has 0 aromatic heterocycles. The Balaban J connectivity index is 1.49. The van der Waals surface area contributed by atoms with Gasteiger partial charge in [0, 0.05) is 14.1 Å². The predicted octanol–water partition coefficient (Wildman–Crippen LogP) is 3.89. The standard InChI is InChI=1S/C25H18N4O3/c1-28-18-7-3-5-9-20(18)31-22(28)11-16-24(15(13-26)14-27)17(25(16)30)12-23-29(2)19-8-4-6-10-21(19)32-23/h3-12,16-17H,1-2H3/b22-11+,23-12+. The summed E-state index contributed by atoms with van der Waals surface area (Å²) in [5.41, 5.74) is 2.16. The number of ether oxygens (including phenoxy) is 2. The highest BCUT2D eigenvalue weighted by atomic mass is 16.5. The van der Waals surface area contributed by atoms with E-state index < -0.39 is 11.8 Å². The van der Waals surface area contributed by atoms with Crippen LogP contribution in [0.2, 0.25) is 0 Å². The van der Waals surface area contributed by atoms with Crippen molar-refractivity contribution in [1.82, 2.24) is 0 Å². The van der Waals surface area contributed by atoms with E-state index in [0.29, 0.717) is 28.8 Å². The van der Waals surface area contributed by atoms with Crippen LogP contribution >= 0.6 is 0 Å². The van der Waals surface area contributed by atoms with Crippen LogP contribution in [0.1, 0.15) is 0 Å². The van der Waals surface area contributed by atoms with Crippen LogP contribution in [-0.2, 0) is 4.79 Å². The lowest BCUT2D eigenvalue weighted by Crippen LogP contribution is -2.40. The Hall–Kier alpha value is -4.49. The molecule has 1 saturated carbocycles. The number of allylic oxidation sites excluding steroid dienone is 4. The van der Waals surface area contributed by atoms with Crippen molar-refractivity contribution >= 4 is 17.2 Å². The zero-order valence-corrected chi connectivity index (χ0v) is 17.4. The SMILES string of the molecule is CN1/C(=C\C2C(=O)C(/C=C3/Oc4ccccc4N3C)C2=C(C#N)C#N)Oc2ccccc21. The maximum absolute atomic E-state index is 13.2. The van der Waals surface area contributed by atoms with Crippen molar-refractivity contribution in [2.75, 3.05) is 23.9 Å². The Bertz CT molecular complexity index is 1230. The highest BCUT2D eigenvalue weighted by Gasteiger charge is 2.46. The van der Waals surface area contributed by atoms with E-state index in [1.54, 1.807) is 12.2 Å². The topological polar surface area (TPSA) is 89.6 Å². The zero-order chi connectivity index (χ0) is 22.4. The molecule has 2 atom stereocenters. The first-order valence-electron chi connectivity index (χ1n) is 10.1. The number of nitriles is 2. The van der Waals surface area contributed by atoms with E-state index in [2.05, 4.69) is 0 Å². The van der Waals surface area contributed by atoms with Crippen LogP contribution in [0.25, 0.3) is 0 Å². The molecule has 32 heavy (non-hydrogen) atoms. The third-order valence-electron chi connectivity index (χ3n) is 5.96. The number of hydrogen-bond acceptors (Lipinski definition) is 7. The molecule has 2 heterocycles. The molecule has 1 fully saturated rings. The molecule has 0 N–H and O–H groups in total. The normalized spacial score (nSPS) is 23.1. The molecule has 2 unspecified atom stereocenters. The van der Waals surface area contributed by atoms with Gasteiger partial charge in [-0.2, -0.15) is 10.5 Å². The van der Waals surface area contributed by atoms with Gasteiger partial charge in [-0.25, -0.2) is 0 Å². The summed E-state index contributed by atoms with van der Waals surface area (Å²) < 4.78 is 11.8. The van der Waals surface area contributed by atoms with E-state index in [-0.39, 0.29) is 11.4 Å². The molecule has 1 aliphatic carbocycles. The second-order valence-electron chi connectivity index (χ2n) is 7.68. The molecule has 2 aromatic rings. The Labute approximate surface area is 185 Å². The number of para-hydroxylation sites is 4. The maximum Gasteiger partial charge on any atom is 0.197 e. The average Bonchev–Trinajstić information content (AvgIpc) is 3.31. The Kier molecular flexibility index (Phi) is 4.46. The van der Waals surface area contributed by atoms with Crippen molar-refractivity contribution < 1.29 is 14.3 Å². The molecule has 7 nitrogen and oxygen atoms in total. The summed E-state index contributed by atoms with van der Waals surface area (Å²) >= 11 is 0. The number of anilines is 2. The molecule has 0 saturated heterocycles. The molecular formula is C25H18N4O3. The van der Waals surface area contributed by atoms with E-state index in [0.717, 1.165) is 11.4 Å². The van der Waals surface area contributed by atoms with Gasteiger partial charge < -0.3 is 19.3 Å². The van der Waals surface area contributed by atoms with Gasteiger partial charge in [0.2, 0.25) is 0 Å². The summed E-state index contributed by atoms with van der Waals surface area (Å²) in [6.45, 7) is 0. The molecule has 2 aliphatic heterocycles. The molecule has 7 heteroatoms. The molecular weight excluding hydrogens is 404 g/mol. The number of rotatable bonds is 2. The maximum atomic E-state index is 13.2. The average molecular weight is 422 g/mol. The largest absolute Gasteiger partial charge is 0.439 e. The van der Waals surface area contributed by atoms with Crippen LogP contribution in [-0.4, -0.2) is 19.9 Å². The number of nitrogens with zero attached hydrogens (tertiary/aromatic N) is 4. The minimum Gasteiger partial charge on any atom is -0.439 e. The van der Waals surface area contributed by atoms with E-state index in [1.165, 1.54) is 0 Å². The predicted molar refractivity (Wildman–Crippen MR) is 117 cm³/mol. The van der Waals surface area contributed by atoms with E-state index in [9.17, 15) is 15.3 Å². The molecule has 0 radical (unpaired) electrons. The van der Waals surface area contributed by atoms with Crippen LogP contribution in [0, 0.1) is 34.5 Å². The van der Waals surface area contributed by atoms with E-state index >= 15 is 0 Å². The summed E-state index contributed by atoms with van der Waals surface area (Å²) in [7, 11) is 3.69. The number of carbonyl (C=O) groups is 1. The molecule has 156 valence electrons. The fraction of sp³-hybridized carbons (Fsp3) is 0.160. The first kappa shape index (κ1) is 19.5. The van der Waals surface area contributed by atoms with Gasteiger partial charge in [-0.1, -0.05) is 24.3 Å². The summed E-state index contributed by atoms with van der Waals surface area (Å²) in [6.07, 6.45) is 3.35. The van der Waals surface area contributed by atoms with Gasteiger partial charge in [0.15, 0.2) is 29.0 Å². The first-order valence-corrected chi connectivity index (χ1v) is 10.1. The molecule has 0 spiro atoms. The van der Waals surface area contributed by atoms with Gasteiger partial charge in [0.05, 0.1) is 23.2 Å². The van der Waals surface area contributed by atoms with Gasteiger partial charge in [-0.05, 0) is 42.0 Å². The van der Waals surface area contributed by atoms with Gasteiger partial charge in [0.25, 0.3) is 0 Å². The molecule has 5 rings (SSSR count). The van der Waals surface area contributed by atoms with Crippen LogP contribution in [0.15, 0.2) is 83.6 Å². The van der Waals surface area contributed by atoms with Crippen molar-refractivity contribution in [3.63, 3.8) is 0 Å². The minimum atomic E-state index is -0.716. The lowest BCUT2D eigenvalue weighted by atomic mass is 9.66. The molecule has 0 bridgehead atoms. The van der Waals surface area contributed by atoms with Crippen molar-refractivity contribution in [3.05, 3.63) is 83.6 Å². The van der Waals surface area contributed by atoms with Gasteiger partial charge >= 0.3 is 0 Å². The lowest BCUT2D eigenvalue weighted by molar-refractivity contribution is -0.126. The Morgan fingerprint density at radius 2 is 1.28 bits per heavy atom. The van der Waals surface area contributed by atoms with Crippen molar-refractivity contribution in [1.29, 1.82) is 10.5 Å². The number of fused-ring (bicyclic) bond motifs is 2. The smallest absolute Gasteiger partial charge is 0.197 e. The van der Waals surface area contributed by atoms with Crippen LogP contribution < -0.4 is 19.3 Å². The van der Waals surface area contributed by atoms with Gasteiger partial charge in [-0.3, -0.25) is 4.79 Å². The van der Waals surface area contributed by atoms with Crippen molar-refractivity contribution in [2.24, 2.45) is 11.8 Å². The second kappa shape index (κ2) is 7.33. The number of Topliss-reactive ketones (excluding diaryl/α,β-unsaturated/α-hetero) is 1. The van der Waals surface area contributed by atoms with Gasteiger partial charge in [-0.15, -0.1) is 0 Å². The van der Waals surface area contributed by atoms with Crippen LogP contribution in [0.4, 0.5) is 11.4 Å². The quantitative estimate of drug-likeness (QED) is 0.679. The first-order chi connectivity index (χ1) is 15.5. The number of benzene rings is 2. The number of hydrogen-bond donors (Lipinski definition) is 0. The third kappa shape index (κ3) is 2.84. The molecule has 0 amide bonds. The zero-order valence-electron chi connectivity index (χ0n) is 17.4. The highest BCUT2D eigenvalue weighted by molar-refractivity contribution is 6.01. The minimum absolute atomic E-state index is 0.0652.